The summed E-state index contributed by atoms with van der Waals surface area (Å²) in [6.07, 6.45) is 2.22. The highest BCUT2D eigenvalue weighted by atomic mass is 16.6. The van der Waals surface area contributed by atoms with Gasteiger partial charge in [0.25, 0.3) is 0 Å². The van der Waals surface area contributed by atoms with E-state index in [2.05, 4.69) is 10.6 Å². The average Bonchev–Trinajstić information content (AvgIpc) is 2.99. The number of hydrogen-bond acceptors (Lipinski definition) is 10. The number of aryl methyl sites for hydroxylation is 2. The average molecular weight is 643 g/mol. The standard InChI is InChI=1S/2C17H23NO5/c2*1-13(19)18-17(11-22-14(2)20,12-23-15(3)21)10-9-16-7-5-4-6-8-16/h2*4-8H,9-12H2,1-3H3,(H,18,19). The molecule has 12 nitrogen and oxygen atoms in total. The molecule has 2 amide bonds. The molecule has 0 radical (unpaired) electrons. The van der Waals surface area contributed by atoms with Gasteiger partial charge >= 0.3 is 23.9 Å². The second-order valence-electron chi connectivity index (χ2n) is 11.0. The molecule has 0 atom stereocenters. The van der Waals surface area contributed by atoms with Gasteiger partial charge in [0, 0.05) is 41.5 Å². The second-order valence-corrected chi connectivity index (χ2v) is 11.0. The SMILES string of the molecule is CC(=O)NC(CCc1ccccc1)(COC(C)=O)COC(C)=O.CC(=O)NC(CCc1ccccc1)(COC(C)=O)COC(C)=O. The highest BCUT2D eigenvalue weighted by Crippen LogP contribution is 2.19. The van der Waals surface area contributed by atoms with Crippen molar-refractivity contribution in [1.82, 2.24) is 10.6 Å². The third-order valence-electron chi connectivity index (χ3n) is 6.56. The van der Waals surface area contributed by atoms with E-state index in [1.807, 2.05) is 60.7 Å². The lowest BCUT2D eigenvalue weighted by molar-refractivity contribution is -0.151. The van der Waals surface area contributed by atoms with Crippen LogP contribution in [0.5, 0.6) is 0 Å². The van der Waals surface area contributed by atoms with E-state index in [9.17, 15) is 28.8 Å². The van der Waals surface area contributed by atoms with Gasteiger partial charge in [0.2, 0.25) is 11.8 Å². The van der Waals surface area contributed by atoms with Crippen LogP contribution in [0, 0.1) is 0 Å². The van der Waals surface area contributed by atoms with E-state index >= 15 is 0 Å². The van der Waals surface area contributed by atoms with Crippen molar-refractivity contribution in [2.24, 2.45) is 0 Å². The zero-order valence-electron chi connectivity index (χ0n) is 27.5. The van der Waals surface area contributed by atoms with Gasteiger partial charge in [-0.25, -0.2) is 0 Å². The molecule has 0 aliphatic rings. The van der Waals surface area contributed by atoms with Crippen molar-refractivity contribution < 1.29 is 47.7 Å². The lowest BCUT2D eigenvalue weighted by atomic mass is 9.92. The molecule has 0 saturated carbocycles. The van der Waals surface area contributed by atoms with E-state index < -0.39 is 35.0 Å². The molecule has 2 rings (SSSR count). The molecule has 0 unspecified atom stereocenters. The van der Waals surface area contributed by atoms with Crippen molar-refractivity contribution >= 4 is 35.7 Å². The van der Waals surface area contributed by atoms with Crippen LogP contribution in [0.2, 0.25) is 0 Å². The highest BCUT2D eigenvalue weighted by molar-refractivity contribution is 5.75. The number of esters is 4. The molecule has 46 heavy (non-hydrogen) atoms. The molecule has 0 spiro atoms. The minimum Gasteiger partial charge on any atom is -0.463 e. The van der Waals surface area contributed by atoms with E-state index in [1.54, 1.807) is 0 Å². The Labute approximate surface area is 270 Å². The zero-order valence-corrected chi connectivity index (χ0v) is 27.5. The number of amides is 2. The summed E-state index contributed by atoms with van der Waals surface area (Å²) < 4.78 is 20.3. The lowest BCUT2D eigenvalue weighted by Gasteiger charge is -2.33. The molecule has 0 aliphatic heterocycles. The van der Waals surface area contributed by atoms with Gasteiger partial charge in [-0.1, -0.05) is 60.7 Å². The topological polar surface area (TPSA) is 163 Å². The predicted molar refractivity (Wildman–Crippen MR) is 169 cm³/mol. The van der Waals surface area contributed by atoms with Crippen LogP contribution in [0.3, 0.4) is 0 Å². The molecule has 2 aromatic rings. The summed E-state index contributed by atoms with van der Waals surface area (Å²) in [5, 5.41) is 5.56. The maximum Gasteiger partial charge on any atom is 0.302 e. The number of hydrogen-bond donors (Lipinski definition) is 2. The van der Waals surface area contributed by atoms with Crippen molar-refractivity contribution in [3.63, 3.8) is 0 Å². The monoisotopic (exact) mass is 642 g/mol. The fourth-order valence-electron chi connectivity index (χ4n) is 4.40. The molecule has 0 heterocycles. The number of ether oxygens (including phenoxy) is 4. The summed E-state index contributed by atoms with van der Waals surface area (Å²) in [6.45, 7) is 7.71. The molecule has 0 aliphatic carbocycles. The van der Waals surface area contributed by atoms with Gasteiger partial charge in [-0.05, 0) is 36.8 Å². The number of benzene rings is 2. The van der Waals surface area contributed by atoms with Crippen molar-refractivity contribution in [2.45, 2.75) is 78.3 Å². The second kappa shape index (κ2) is 20.3. The van der Waals surface area contributed by atoms with Crippen LogP contribution in [0.25, 0.3) is 0 Å². The van der Waals surface area contributed by atoms with E-state index in [-0.39, 0.29) is 38.2 Å². The maximum atomic E-state index is 11.6. The smallest absolute Gasteiger partial charge is 0.302 e. The van der Waals surface area contributed by atoms with Gasteiger partial charge in [0.05, 0.1) is 0 Å². The molecule has 2 aromatic carbocycles. The molecule has 0 saturated heterocycles. The molecular formula is C34H46N2O10. The zero-order chi connectivity index (χ0) is 34.6. The Morgan fingerprint density at radius 3 is 0.957 bits per heavy atom. The Bertz CT molecular complexity index is 1150. The lowest BCUT2D eigenvalue weighted by Crippen LogP contribution is -2.55. The van der Waals surface area contributed by atoms with E-state index in [1.165, 1.54) is 41.5 Å². The van der Waals surface area contributed by atoms with E-state index in [0.717, 1.165) is 11.1 Å². The number of rotatable bonds is 16. The molecule has 12 heteroatoms. The number of carbonyl (C=O) groups excluding carboxylic acids is 6. The molecule has 2 N–H and O–H groups in total. The van der Waals surface area contributed by atoms with Crippen LogP contribution >= 0.6 is 0 Å². The Balaban J connectivity index is 0.000000460. The predicted octanol–water partition coefficient (Wildman–Crippen LogP) is 3.24. The van der Waals surface area contributed by atoms with Crippen molar-refractivity contribution in [2.75, 3.05) is 26.4 Å². The largest absolute Gasteiger partial charge is 0.463 e. The van der Waals surface area contributed by atoms with Gasteiger partial charge in [-0.2, -0.15) is 0 Å². The van der Waals surface area contributed by atoms with Gasteiger partial charge in [0.1, 0.15) is 37.5 Å². The summed E-state index contributed by atoms with van der Waals surface area (Å²) in [7, 11) is 0. The normalized spacial score (nSPS) is 10.7. The van der Waals surface area contributed by atoms with E-state index in [0.29, 0.717) is 25.7 Å². The number of carbonyl (C=O) groups is 6. The highest BCUT2D eigenvalue weighted by Gasteiger charge is 2.35. The van der Waals surface area contributed by atoms with Crippen LogP contribution in [0.1, 0.15) is 65.5 Å². The first kappa shape index (κ1) is 39.3. The molecule has 0 bridgehead atoms. The summed E-state index contributed by atoms with van der Waals surface area (Å²) >= 11 is 0. The maximum absolute atomic E-state index is 11.6. The molecule has 0 aromatic heterocycles. The third kappa shape index (κ3) is 17.5. The van der Waals surface area contributed by atoms with Crippen molar-refractivity contribution in [3.05, 3.63) is 71.8 Å². The summed E-state index contributed by atoms with van der Waals surface area (Å²) in [5.41, 5.74) is 0.263. The quantitative estimate of drug-likeness (QED) is 0.205. The fraction of sp³-hybridized carbons (Fsp3) is 0.471. The number of nitrogens with one attached hydrogen (secondary N) is 2. The van der Waals surface area contributed by atoms with Gasteiger partial charge in [-0.3, -0.25) is 28.8 Å². The summed E-state index contributed by atoms with van der Waals surface area (Å²) in [5.74, 6) is -2.39. The summed E-state index contributed by atoms with van der Waals surface area (Å²) in [4.78, 5) is 67.7. The van der Waals surface area contributed by atoms with Crippen LogP contribution in [0.4, 0.5) is 0 Å². The summed E-state index contributed by atoms with van der Waals surface area (Å²) in [6, 6.07) is 19.4. The Morgan fingerprint density at radius 1 is 0.478 bits per heavy atom. The third-order valence-corrected chi connectivity index (χ3v) is 6.56. The first-order chi connectivity index (χ1) is 21.7. The van der Waals surface area contributed by atoms with Crippen molar-refractivity contribution in [3.8, 4) is 0 Å². The first-order valence-corrected chi connectivity index (χ1v) is 14.8. The van der Waals surface area contributed by atoms with Gasteiger partial charge in [0.15, 0.2) is 0 Å². The van der Waals surface area contributed by atoms with Gasteiger partial charge in [-0.15, -0.1) is 0 Å². The van der Waals surface area contributed by atoms with Crippen LogP contribution in [-0.4, -0.2) is 73.2 Å². The minimum absolute atomic E-state index is 0.0535. The fourth-order valence-corrected chi connectivity index (χ4v) is 4.40. The Kier molecular flexibility index (Phi) is 17.4. The Hall–Kier alpha value is -4.74. The molecule has 0 fully saturated rings. The van der Waals surface area contributed by atoms with Crippen LogP contribution in [-0.2, 0) is 60.6 Å². The van der Waals surface area contributed by atoms with Gasteiger partial charge < -0.3 is 29.6 Å². The minimum atomic E-state index is -0.945. The molecular weight excluding hydrogens is 596 g/mol. The van der Waals surface area contributed by atoms with E-state index in [4.69, 9.17) is 18.9 Å². The first-order valence-electron chi connectivity index (χ1n) is 14.8. The van der Waals surface area contributed by atoms with Crippen LogP contribution in [0.15, 0.2) is 60.7 Å². The van der Waals surface area contributed by atoms with Crippen LogP contribution < -0.4 is 10.6 Å². The molecule has 252 valence electrons. The van der Waals surface area contributed by atoms with Crippen molar-refractivity contribution in [1.29, 1.82) is 0 Å². The Morgan fingerprint density at radius 2 is 0.739 bits per heavy atom.